The number of sulfonamides is 1. The Balaban J connectivity index is 0.00000264. The van der Waals surface area contributed by atoms with E-state index in [4.69, 9.17) is 10.5 Å². The molecule has 2 N–H and O–H groups in total. The van der Waals surface area contributed by atoms with Crippen LogP contribution in [0.2, 0.25) is 0 Å². The van der Waals surface area contributed by atoms with Crippen LogP contribution in [-0.2, 0) is 10.0 Å². The standard InChI is InChI=1S/C15H23FN2O3S.ClH/c1-10-12(6-5-11(21-4)14(10)16)22(19,20)18-8-7-13(17)15(2,3)9-18;/h5-6,13H,7-9,17H2,1-4H3;1H. The Kier molecular flexibility index (Phi) is 6.07. The molecule has 0 aromatic heterocycles. The molecule has 0 aliphatic carbocycles. The van der Waals surface area contributed by atoms with Crippen LogP contribution in [0.4, 0.5) is 4.39 Å². The largest absolute Gasteiger partial charge is 0.494 e. The van der Waals surface area contributed by atoms with Gasteiger partial charge in [-0.1, -0.05) is 13.8 Å². The monoisotopic (exact) mass is 366 g/mol. The zero-order valence-electron chi connectivity index (χ0n) is 13.8. The van der Waals surface area contributed by atoms with E-state index >= 15 is 0 Å². The van der Waals surface area contributed by atoms with Gasteiger partial charge in [0.2, 0.25) is 10.0 Å². The number of benzene rings is 1. The molecule has 0 radical (unpaired) electrons. The van der Waals surface area contributed by atoms with Crippen molar-refractivity contribution in [2.75, 3.05) is 20.2 Å². The number of hydrogen-bond acceptors (Lipinski definition) is 4. The Labute approximate surface area is 143 Å². The van der Waals surface area contributed by atoms with Gasteiger partial charge in [0.15, 0.2) is 11.6 Å². The quantitative estimate of drug-likeness (QED) is 0.890. The van der Waals surface area contributed by atoms with Crippen molar-refractivity contribution in [2.24, 2.45) is 11.1 Å². The van der Waals surface area contributed by atoms with E-state index in [1.165, 1.54) is 30.5 Å². The first kappa shape index (κ1) is 20.2. The van der Waals surface area contributed by atoms with Gasteiger partial charge in [0.05, 0.1) is 12.0 Å². The van der Waals surface area contributed by atoms with Crippen LogP contribution in [0.1, 0.15) is 25.8 Å². The van der Waals surface area contributed by atoms with Gasteiger partial charge >= 0.3 is 0 Å². The summed E-state index contributed by atoms with van der Waals surface area (Å²) in [4.78, 5) is -0.0166. The second-order valence-corrected chi connectivity index (χ2v) is 8.33. The highest BCUT2D eigenvalue weighted by molar-refractivity contribution is 7.89. The second-order valence-electron chi connectivity index (χ2n) is 6.43. The van der Waals surface area contributed by atoms with Crippen LogP contribution in [0.3, 0.4) is 0 Å². The lowest BCUT2D eigenvalue weighted by Gasteiger charge is -2.41. The average molecular weight is 367 g/mol. The lowest BCUT2D eigenvalue weighted by Crippen LogP contribution is -2.53. The summed E-state index contributed by atoms with van der Waals surface area (Å²) in [5.41, 5.74) is 5.81. The fraction of sp³-hybridized carbons (Fsp3) is 0.600. The molecule has 1 aliphatic heterocycles. The van der Waals surface area contributed by atoms with Crippen molar-refractivity contribution >= 4 is 22.4 Å². The van der Waals surface area contributed by atoms with Crippen molar-refractivity contribution in [1.82, 2.24) is 4.31 Å². The van der Waals surface area contributed by atoms with E-state index < -0.39 is 15.8 Å². The Morgan fingerprint density at radius 1 is 1.39 bits per heavy atom. The summed E-state index contributed by atoms with van der Waals surface area (Å²) in [5, 5.41) is 0. The Morgan fingerprint density at radius 3 is 2.52 bits per heavy atom. The molecule has 8 heteroatoms. The Hall–Kier alpha value is -0.890. The summed E-state index contributed by atoms with van der Waals surface area (Å²) in [6, 6.07) is 2.69. The third kappa shape index (κ3) is 3.63. The summed E-state index contributed by atoms with van der Waals surface area (Å²) in [7, 11) is -2.40. The predicted molar refractivity (Wildman–Crippen MR) is 90.1 cm³/mol. The fourth-order valence-corrected chi connectivity index (χ4v) is 4.59. The molecular weight excluding hydrogens is 343 g/mol. The van der Waals surface area contributed by atoms with E-state index in [0.717, 1.165) is 0 Å². The van der Waals surface area contributed by atoms with Gasteiger partial charge in [-0.3, -0.25) is 0 Å². The van der Waals surface area contributed by atoms with Gasteiger partial charge in [-0.05, 0) is 30.9 Å². The van der Waals surface area contributed by atoms with Crippen LogP contribution < -0.4 is 10.5 Å². The van der Waals surface area contributed by atoms with Gasteiger partial charge in [0, 0.05) is 24.7 Å². The summed E-state index contributed by atoms with van der Waals surface area (Å²) in [6.07, 6.45) is 0.587. The molecule has 1 aromatic carbocycles. The number of hydrogen-bond donors (Lipinski definition) is 1. The van der Waals surface area contributed by atoms with E-state index in [9.17, 15) is 12.8 Å². The first-order valence-corrected chi connectivity index (χ1v) is 8.64. The second kappa shape index (κ2) is 6.93. The Morgan fingerprint density at radius 2 is 2.00 bits per heavy atom. The molecule has 0 saturated carbocycles. The first-order valence-electron chi connectivity index (χ1n) is 7.20. The molecule has 1 heterocycles. The molecule has 1 aromatic rings. The van der Waals surface area contributed by atoms with Crippen LogP contribution in [0.25, 0.3) is 0 Å². The molecule has 0 spiro atoms. The molecule has 1 atom stereocenters. The lowest BCUT2D eigenvalue weighted by molar-refractivity contribution is 0.155. The SMILES string of the molecule is COc1ccc(S(=O)(=O)N2CCC(N)C(C)(C)C2)c(C)c1F.Cl. The van der Waals surface area contributed by atoms with E-state index in [1.807, 2.05) is 13.8 Å². The van der Waals surface area contributed by atoms with Crippen LogP contribution in [0.15, 0.2) is 17.0 Å². The van der Waals surface area contributed by atoms with Crippen molar-refractivity contribution in [3.8, 4) is 5.75 Å². The van der Waals surface area contributed by atoms with Gasteiger partial charge in [0.25, 0.3) is 0 Å². The lowest BCUT2D eigenvalue weighted by atomic mass is 9.81. The number of ether oxygens (including phenoxy) is 1. The van der Waals surface area contributed by atoms with Crippen molar-refractivity contribution in [3.05, 3.63) is 23.5 Å². The number of piperidine rings is 1. The molecule has 0 bridgehead atoms. The highest BCUT2D eigenvalue weighted by Crippen LogP contribution is 2.33. The summed E-state index contributed by atoms with van der Waals surface area (Å²) >= 11 is 0. The van der Waals surface area contributed by atoms with Crippen LogP contribution >= 0.6 is 12.4 Å². The molecule has 0 amide bonds. The number of methoxy groups -OCH3 is 1. The maximum Gasteiger partial charge on any atom is 0.243 e. The molecule has 1 unspecified atom stereocenters. The maximum atomic E-state index is 14.1. The van der Waals surface area contributed by atoms with Gasteiger partial charge in [-0.15, -0.1) is 12.4 Å². The van der Waals surface area contributed by atoms with Crippen LogP contribution in [0, 0.1) is 18.2 Å². The topological polar surface area (TPSA) is 72.6 Å². The molecular formula is C15H24ClFN2O3S. The first-order chi connectivity index (χ1) is 10.1. The number of nitrogens with two attached hydrogens (primary N) is 1. The highest BCUT2D eigenvalue weighted by atomic mass is 35.5. The molecule has 2 rings (SSSR count). The van der Waals surface area contributed by atoms with Gasteiger partial charge < -0.3 is 10.5 Å². The molecule has 1 fully saturated rings. The summed E-state index contributed by atoms with van der Waals surface area (Å²) in [5.74, 6) is -0.603. The highest BCUT2D eigenvalue weighted by Gasteiger charge is 2.39. The predicted octanol–water partition coefficient (Wildman–Crippen LogP) is 2.31. The molecule has 23 heavy (non-hydrogen) atoms. The van der Waals surface area contributed by atoms with E-state index in [2.05, 4.69) is 0 Å². The summed E-state index contributed by atoms with van der Waals surface area (Å²) in [6.45, 7) is 6.01. The zero-order valence-corrected chi connectivity index (χ0v) is 15.4. The zero-order chi connectivity index (χ0) is 16.7. The smallest absolute Gasteiger partial charge is 0.243 e. The van der Waals surface area contributed by atoms with Crippen LogP contribution in [0.5, 0.6) is 5.75 Å². The maximum absolute atomic E-state index is 14.1. The minimum Gasteiger partial charge on any atom is -0.494 e. The normalized spacial score (nSPS) is 21.6. The molecule has 5 nitrogen and oxygen atoms in total. The molecule has 1 aliphatic rings. The van der Waals surface area contributed by atoms with E-state index in [-0.39, 0.29) is 40.1 Å². The number of halogens is 2. The van der Waals surface area contributed by atoms with Gasteiger partial charge in [-0.2, -0.15) is 4.31 Å². The average Bonchev–Trinajstić information content (AvgIpc) is 2.44. The van der Waals surface area contributed by atoms with Crippen molar-refractivity contribution in [3.63, 3.8) is 0 Å². The third-order valence-corrected chi connectivity index (χ3v) is 6.41. The fourth-order valence-electron chi connectivity index (χ4n) is 2.75. The van der Waals surface area contributed by atoms with Gasteiger partial charge in [-0.25, -0.2) is 12.8 Å². The number of nitrogens with zero attached hydrogens (tertiary/aromatic N) is 1. The molecule has 1 saturated heterocycles. The Bertz CT molecular complexity index is 680. The van der Waals surface area contributed by atoms with E-state index in [0.29, 0.717) is 19.5 Å². The summed E-state index contributed by atoms with van der Waals surface area (Å²) < 4.78 is 46.1. The third-order valence-electron chi connectivity index (χ3n) is 4.42. The van der Waals surface area contributed by atoms with Crippen molar-refractivity contribution in [1.29, 1.82) is 0 Å². The van der Waals surface area contributed by atoms with Gasteiger partial charge in [0.1, 0.15) is 0 Å². The molecule has 132 valence electrons. The number of rotatable bonds is 3. The van der Waals surface area contributed by atoms with Crippen molar-refractivity contribution in [2.45, 2.75) is 38.1 Å². The van der Waals surface area contributed by atoms with Crippen molar-refractivity contribution < 1.29 is 17.5 Å². The van der Waals surface area contributed by atoms with E-state index in [1.54, 1.807) is 0 Å². The minimum atomic E-state index is -3.75. The van der Waals surface area contributed by atoms with Crippen LogP contribution in [-0.4, -0.2) is 39.0 Å². The minimum absolute atomic E-state index is 0.